The van der Waals surface area contributed by atoms with Crippen LogP contribution in [0.25, 0.3) is 0 Å². The quantitative estimate of drug-likeness (QED) is 0.839. The summed E-state index contributed by atoms with van der Waals surface area (Å²) in [5.41, 5.74) is 1.43. The molecular weight excluding hydrogens is 222 g/mol. The lowest BCUT2D eigenvalue weighted by atomic mass is 9.95. The van der Waals surface area contributed by atoms with Crippen LogP contribution >= 0.6 is 0 Å². The number of nitrogens with zero attached hydrogens (tertiary/aromatic N) is 2. The minimum Gasteiger partial charge on any atom is -0.334 e. The van der Waals surface area contributed by atoms with Gasteiger partial charge in [-0.1, -0.05) is 13.8 Å². The monoisotopic (exact) mass is 249 g/mol. The van der Waals surface area contributed by atoms with Crippen molar-refractivity contribution < 1.29 is 0 Å². The van der Waals surface area contributed by atoms with Crippen LogP contribution in [0.4, 0.5) is 0 Å². The van der Waals surface area contributed by atoms with E-state index in [4.69, 9.17) is 0 Å². The molecule has 0 bridgehead atoms. The summed E-state index contributed by atoms with van der Waals surface area (Å²) in [6.07, 6.45) is 10.5. The Balaban J connectivity index is 1.90. The first-order valence-corrected chi connectivity index (χ1v) is 7.55. The van der Waals surface area contributed by atoms with Gasteiger partial charge in [0, 0.05) is 24.4 Å². The fourth-order valence-corrected chi connectivity index (χ4v) is 3.06. The summed E-state index contributed by atoms with van der Waals surface area (Å²) in [6, 6.07) is 0. The first-order valence-electron chi connectivity index (χ1n) is 7.55. The van der Waals surface area contributed by atoms with Crippen molar-refractivity contribution in [2.45, 2.75) is 58.4 Å². The van der Waals surface area contributed by atoms with E-state index in [2.05, 4.69) is 34.9 Å². The molecule has 102 valence electrons. The Kier molecular flexibility index (Phi) is 5.24. The molecule has 1 saturated heterocycles. The van der Waals surface area contributed by atoms with Gasteiger partial charge >= 0.3 is 0 Å². The highest BCUT2D eigenvalue weighted by atomic mass is 15.0. The minimum atomic E-state index is 0.678. The molecule has 1 aliphatic heterocycles. The molecule has 2 heterocycles. The maximum absolute atomic E-state index is 4.35. The van der Waals surface area contributed by atoms with Crippen molar-refractivity contribution in [3.63, 3.8) is 0 Å². The molecule has 0 spiro atoms. The van der Waals surface area contributed by atoms with Crippen LogP contribution in [-0.4, -0.2) is 22.6 Å². The van der Waals surface area contributed by atoms with Gasteiger partial charge in [-0.2, -0.15) is 0 Å². The summed E-state index contributed by atoms with van der Waals surface area (Å²) in [5, 5.41) is 3.50. The fraction of sp³-hybridized carbons (Fsp3) is 0.800. The molecule has 0 aliphatic carbocycles. The van der Waals surface area contributed by atoms with Gasteiger partial charge in [0.2, 0.25) is 0 Å². The average Bonchev–Trinajstić information content (AvgIpc) is 2.88. The van der Waals surface area contributed by atoms with Crippen molar-refractivity contribution in [3.8, 4) is 0 Å². The molecule has 0 amide bonds. The molecular formula is C15H27N3. The Morgan fingerprint density at radius 2 is 2.28 bits per heavy atom. The number of aryl methyl sites for hydroxylation is 1. The van der Waals surface area contributed by atoms with Crippen molar-refractivity contribution in [2.75, 3.05) is 13.1 Å². The van der Waals surface area contributed by atoms with E-state index >= 15 is 0 Å². The van der Waals surface area contributed by atoms with Crippen LogP contribution in [0.15, 0.2) is 12.5 Å². The third-order valence-electron chi connectivity index (χ3n) is 4.33. The number of hydrogen-bond donors (Lipinski definition) is 1. The van der Waals surface area contributed by atoms with Gasteiger partial charge in [-0.3, -0.25) is 0 Å². The van der Waals surface area contributed by atoms with Crippen molar-refractivity contribution in [2.24, 2.45) is 5.92 Å². The van der Waals surface area contributed by atoms with Gasteiger partial charge in [0.1, 0.15) is 0 Å². The molecule has 1 fully saturated rings. The van der Waals surface area contributed by atoms with Crippen LogP contribution in [0.1, 0.15) is 57.6 Å². The van der Waals surface area contributed by atoms with E-state index in [-0.39, 0.29) is 0 Å². The molecule has 1 aromatic rings. The predicted octanol–water partition coefficient (Wildman–Crippen LogP) is 3.18. The molecule has 1 aromatic heterocycles. The van der Waals surface area contributed by atoms with E-state index in [1.54, 1.807) is 0 Å². The molecule has 1 unspecified atom stereocenters. The van der Waals surface area contributed by atoms with Crippen molar-refractivity contribution in [3.05, 3.63) is 18.2 Å². The number of imidazole rings is 1. The van der Waals surface area contributed by atoms with E-state index in [9.17, 15) is 0 Å². The summed E-state index contributed by atoms with van der Waals surface area (Å²) < 4.78 is 2.38. The molecule has 3 heteroatoms. The normalized spacial score (nSPS) is 20.5. The topological polar surface area (TPSA) is 29.9 Å². The third-order valence-corrected chi connectivity index (χ3v) is 4.33. The van der Waals surface area contributed by atoms with Crippen LogP contribution in [0.5, 0.6) is 0 Å². The summed E-state index contributed by atoms with van der Waals surface area (Å²) in [6.45, 7) is 8.10. The molecule has 2 rings (SSSR count). The predicted molar refractivity (Wildman–Crippen MR) is 75.8 cm³/mol. The first kappa shape index (κ1) is 13.6. The summed E-state index contributed by atoms with van der Waals surface area (Å²) in [4.78, 5) is 4.35. The van der Waals surface area contributed by atoms with Gasteiger partial charge in [0.05, 0.1) is 6.33 Å². The smallest absolute Gasteiger partial charge is 0.0948 e. The van der Waals surface area contributed by atoms with Gasteiger partial charge in [0.15, 0.2) is 0 Å². The maximum Gasteiger partial charge on any atom is 0.0948 e. The second kappa shape index (κ2) is 6.93. The lowest BCUT2D eigenvalue weighted by molar-refractivity contribution is 0.338. The fourth-order valence-electron chi connectivity index (χ4n) is 3.06. The number of aromatic nitrogens is 2. The van der Waals surface area contributed by atoms with Gasteiger partial charge in [-0.15, -0.1) is 0 Å². The van der Waals surface area contributed by atoms with Crippen molar-refractivity contribution in [1.82, 2.24) is 14.9 Å². The zero-order valence-electron chi connectivity index (χ0n) is 11.9. The number of piperidine rings is 1. The van der Waals surface area contributed by atoms with Crippen molar-refractivity contribution in [1.29, 1.82) is 0 Å². The van der Waals surface area contributed by atoms with Gasteiger partial charge < -0.3 is 9.88 Å². The second-order valence-electron chi connectivity index (χ2n) is 5.53. The standard InChI is InChI=1S/C15H27N3/c1-3-14(4-2)15-11-17-12-18(15)9-7-13-6-5-8-16-10-13/h11-14,16H,3-10H2,1-2H3. The summed E-state index contributed by atoms with van der Waals surface area (Å²) in [5.74, 6) is 1.53. The molecule has 0 saturated carbocycles. The van der Waals surface area contributed by atoms with E-state index in [1.807, 2.05) is 6.33 Å². The Bertz CT molecular complexity index is 335. The lowest BCUT2D eigenvalue weighted by Gasteiger charge is -2.23. The zero-order valence-corrected chi connectivity index (χ0v) is 11.9. The van der Waals surface area contributed by atoms with Crippen LogP contribution in [0.3, 0.4) is 0 Å². The average molecular weight is 249 g/mol. The molecule has 1 aliphatic rings. The molecule has 18 heavy (non-hydrogen) atoms. The molecule has 1 atom stereocenters. The molecule has 1 N–H and O–H groups in total. The Labute approximate surface area is 111 Å². The Morgan fingerprint density at radius 3 is 2.94 bits per heavy atom. The maximum atomic E-state index is 4.35. The van der Waals surface area contributed by atoms with Crippen LogP contribution < -0.4 is 5.32 Å². The highest BCUT2D eigenvalue weighted by Crippen LogP contribution is 2.23. The van der Waals surface area contributed by atoms with Crippen LogP contribution in [0, 0.1) is 5.92 Å². The zero-order chi connectivity index (χ0) is 12.8. The second-order valence-corrected chi connectivity index (χ2v) is 5.53. The number of rotatable bonds is 6. The molecule has 0 aromatic carbocycles. The molecule has 3 nitrogen and oxygen atoms in total. The van der Waals surface area contributed by atoms with Gasteiger partial charge in [0.25, 0.3) is 0 Å². The summed E-state index contributed by atoms with van der Waals surface area (Å²) in [7, 11) is 0. The Morgan fingerprint density at radius 1 is 1.44 bits per heavy atom. The van der Waals surface area contributed by atoms with E-state index < -0.39 is 0 Å². The third kappa shape index (κ3) is 3.35. The Hall–Kier alpha value is -0.830. The SMILES string of the molecule is CCC(CC)c1cncn1CCC1CCCNC1. The largest absolute Gasteiger partial charge is 0.334 e. The molecule has 0 radical (unpaired) electrons. The highest BCUT2D eigenvalue weighted by molar-refractivity contribution is 5.05. The number of nitrogens with one attached hydrogen (secondary N) is 1. The number of hydrogen-bond acceptors (Lipinski definition) is 2. The van der Waals surface area contributed by atoms with E-state index in [0.717, 1.165) is 12.5 Å². The minimum absolute atomic E-state index is 0.678. The van der Waals surface area contributed by atoms with Crippen LogP contribution in [0.2, 0.25) is 0 Å². The van der Waals surface area contributed by atoms with Crippen LogP contribution in [-0.2, 0) is 6.54 Å². The lowest BCUT2D eigenvalue weighted by Crippen LogP contribution is -2.30. The first-order chi connectivity index (χ1) is 8.85. The van der Waals surface area contributed by atoms with E-state index in [0.29, 0.717) is 5.92 Å². The van der Waals surface area contributed by atoms with Gasteiger partial charge in [-0.25, -0.2) is 4.98 Å². The van der Waals surface area contributed by atoms with Crippen molar-refractivity contribution >= 4 is 0 Å². The highest BCUT2D eigenvalue weighted by Gasteiger charge is 2.15. The summed E-state index contributed by atoms with van der Waals surface area (Å²) >= 11 is 0. The van der Waals surface area contributed by atoms with Gasteiger partial charge in [-0.05, 0) is 51.1 Å². The van der Waals surface area contributed by atoms with E-state index in [1.165, 1.54) is 50.9 Å².